The zero-order chi connectivity index (χ0) is 18.0. The molecule has 0 bridgehead atoms. The van der Waals surface area contributed by atoms with Crippen LogP contribution in [0.3, 0.4) is 0 Å². The monoisotopic (exact) mass is 342 g/mol. The van der Waals surface area contributed by atoms with Crippen LogP contribution in [-0.2, 0) is 9.59 Å². The van der Waals surface area contributed by atoms with Gasteiger partial charge in [0, 0.05) is 12.1 Å². The summed E-state index contributed by atoms with van der Waals surface area (Å²) in [6, 6.07) is 8.41. The summed E-state index contributed by atoms with van der Waals surface area (Å²) in [5.41, 5.74) is 1.20. The van der Waals surface area contributed by atoms with Crippen LogP contribution in [0.1, 0.15) is 34.1 Å². The van der Waals surface area contributed by atoms with Crippen LogP contribution in [0.5, 0.6) is 0 Å². The van der Waals surface area contributed by atoms with Crippen molar-refractivity contribution in [3.05, 3.63) is 59.5 Å². The van der Waals surface area contributed by atoms with Crippen molar-refractivity contribution in [3.8, 4) is 0 Å². The van der Waals surface area contributed by atoms with Crippen molar-refractivity contribution in [1.29, 1.82) is 0 Å². The molecule has 1 aliphatic heterocycles. The molecular formula is C18H18N2O5. The maximum absolute atomic E-state index is 12.6. The molecule has 2 N–H and O–H groups in total. The molecule has 7 heteroatoms. The molecule has 2 aromatic rings. The molecule has 25 heavy (non-hydrogen) atoms. The number of carboxylic acids is 1. The van der Waals surface area contributed by atoms with Gasteiger partial charge in [-0.05, 0) is 25.0 Å². The first-order valence-corrected chi connectivity index (χ1v) is 7.92. The van der Waals surface area contributed by atoms with E-state index in [0.717, 1.165) is 0 Å². The number of nitrogens with zero attached hydrogens (tertiary/aromatic N) is 1. The molecule has 2 heterocycles. The number of likely N-dealkylation sites (tertiary alicyclic amines) is 1. The van der Waals surface area contributed by atoms with Crippen molar-refractivity contribution >= 4 is 17.8 Å². The molecule has 7 nitrogen and oxygen atoms in total. The minimum atomic E-state index is -1.10. The van der Waals surface area contributed by atoms with Gasteiger partial charge in [-0.2, -0.15) is 0 Å². The van der Waals surface area contributed by atoms with Gasteiger partial charge in [0.1, 0.15) is 6.04 Å². The first-order chi connectivity index (χ1) is 12.0. The summed E-state index contributed by atoms with van der Waals surface area (Å²) in [7, 11) is 0. The second-order valence-electron chi connectivity index (χ2n) is 5.93. The fourth-order valence-corrected chi connectivity index (χ4v) is 3.01. The highest BCUT2D eigenvalue weighted by molar-refractivity contribution is 5.98. The summed E-state index contributed by atoms with van der Waals surface area (Å²) in [6.07, 6.45) is 1.75. The number of hydrogen-bond acceptors (Lipinski definition) is 4. The van der Waals surface area contributed by atoms with Gasteiger partial charge in [0.05, 0.1) is 6.26 Å². The Morgan fingerprint density at radius 2 is 2.00 bits per heavy atom. The Bertz CT molecular complexity index is 799. The Balaban J connectivity index is 1.75. The second-order valence-corrected chi connectivity index (χ2v) is 5.93. The number of nitrogens with one attached hydrogen (secondary N) is 1. The Labute approximate surface area is 144 Å². The summed E-state index contributed by atoms with van der Waals surface area (Å²) in [4.78, 5) is 37.8. The van der Waals surface area contributed by atoms with Crippen LogP contribution >= 0.6 is 0 Å². The van der Waals surface area contributed by atoms with E-state index in [2.05, 4.69) is 5.32 Å². The van der Waals surface area contributed by atoms with Crippen LogP contribution < -0.4 is 5.32 Å². The van der Waals surface area contributed by atoms with E-state index in [1.54, 1.807) is 43.3 Å². The van der Waals surface area contributed by atoms with E-state index in [0.29, 0.717) is 17.5 Å². The Kier molecular flexibility index (Phi) is 4.56. The smallest absolute Gasteiger partial charge is 0.331 e. The number of aliphatic carboxylic acids is 1. The number of carbonyl (C=O) groups is 3. The molecule has 1 aromatic carbocycles. The van der Waals surface area contributed by atoms with Crippen LogP contribution in [0, 0.1) is 6.92 Å². The first-order valence-electron chi connectivity index (χ1n) is 7.92. The highest BCUT2D eigenvalue weighted by Gasteiger charge is 2.40. The van der Waals surface area contributed by atoms with E-state index in [1.165, 1.54) is 11.2 Å². The minimum Gasteiger partial charge on any atom is -0.479 e. The number of benzene rings is 1. The summed E-state index contributed by atoms with van der Waals surface area (Å²) < 4.78 is 5.12. The highest BCUT2D eigenvalue weighted by Crippen LogP contribution is 2.26. The predicted octanol–water partition coefficient (Wildman–Crippen LogP) is 1.74. The normalized spacial score (nSPS) is 18.2. The van der Waals surface area contributed by atoms with Crippen molar-refractivity contribution in [2.45, 2.75) is 25.4 Å². The molecule has 1 aliphatic rings. The van der Waals surface area contributed by atoms with Crippen molar-refractivity contribution in [2.24, 2.45) is 0 Å². The number of rotatable bonds is 5. The molecule has 2 amide bonds. The standard InChI is InChI=1S/C18H18N2O5/c1-11-8-10-25-15(11)16(21)19-13-7-9-20(17(13)22)14(18(23)24)12-5-3-2-4-6-12/h2-6,8,10,13-14H,7,9H2,1H3,(H,19,21)(H,23,24)/t13-,14-/m0/s1. The van der Waals surface area contributed by atoms with Gasteiger partial charge < -0.3 is 19.7 Å². The van der Waals surface area contributed by atoms with E-state index < -0.39 is 29.9 Å². The molecule has 3 rings (SSSR count). The van der Waals surface area contributed by atoms with Gasteiger partial charge in [0.25, 0.3) is 5.91 Å². The third-order valence-electron chi connectivity index (χ3n) is 4.27. The molecule has 1 saturated heterocycles. The molecule has 1 aromatic heterocycles. The van der Waals surface area contributed by atoms with Gasteiger partial charge in [0.15, 0.2) is 11.8 Å². The van der Waals surface area contributed by atoms with Crippen molar-refractivity contribution < 1.29 is 23.9 Å². The molecule has 0 aliphatic carbocycles. The van der Waals surface area contributed by atoms with E-state index in [1.807, 2.05) is 0 Å². The summed E-state index contributed by atoms with van der Waals surface area (Å²) >= 11 is 0. The SMILES string of the molecule is Cc1ccoc1C(=O)N[C@H]1CCN([C@H](C(=O)O)c2ccccc2)C1=O. The lowest BCUT2D eigenvalue weighted by atomic mass is 10.1. The summed E-state index contributed by atoms with van der Waals surface area (Å²) in [6.45, 7) is 1.99. The van der Waals surface area contributed by atoms with E-state index in [-0.39, 0.29) is 12.3 Å². The third kappa shape index (κ3) is 3.26. The second kappa shape index (κ2) is 6.80. The predicted molar refractivity (Wildman–Crippen MR) is 87.8 cm³/mol. The summed E-state index contributed by atoms with van der Waals surface area (Å²) in [5.74, 6) is -1.83. The first kappa shape index (κ1) is 16.8. The molecule has 0 radical (unpaired) electrons. The van der Waals surface area contributed by atoms with Gasteiger partial charge in [-0.3, -0.25) is 9.59 Å². The zero-order valence-corrected chi connectivity index (χ0v) is 13.6. The number of aryl methyl sites for hydroxylation is 1. The lowest BCUT2D eigenvalue weighted by Gasteiger charge is -2.25. The molecule has 0 spiro atoms. The van der Waals surface area contributed by atoms with E-state index >= 15 is 0 Å². The van der Waals surface area contributed by atoms with Gasteiger partial charge in [-0.25, -0.2) is 4.79 Å². The number of hydrogen-bond donors (Lipinski definition) is 2. The Morgan fingerprint density at radius 3 is 2.60 bits per heavy atom. The van der Waals surface area contributed by atoms with Gasteiger partial charge in [0.2, 0.25) is 5.91 Å². The topological polar surface area (TPSA) is 99.8 Å². The van der Waals surface area contributed by atoms with E-state index in [4.69, 9.17) is 4.42 Å². The van der Waals surface area contributed by atoms with Gasteiger partial charge in [-0.15, -0.1) is 0 Å². The Morgan fingerprint density at radius 1 is 1.28 bits per heavy atom. The van der Waals surface area contributed by atoms with Crippen molar-refractivity contribution in [2.75, 3.05) is 6.54 Å². The number of furan rings is 1. The van der Waals surface area contributed by atoms with Crippen molar-refractivity contribution in [1.82, 2.24) is 10.2 Å². The average molecular weight is 342 g/mol. The molecule has 0 unspecified atom stereocenters. The number of carbonyl (C=O) groups excluding carboxylic acids is 2. The molecular weight excluding hydrogens is 324 g/mol. The maximum atomic E-state index is 12.6. The molecule has 1 fully saturated rings. The third-order valence-corrected chi connectivity index (χ3v) is 4.27. The fourth-order valence-electron chi connectivity index (χ4n) is 3.01. The quantitative estimate of drug-likeness (QED) is 0.862. The molecule has 130 valence electrons. The average Bonchev–Trinajstić information content (AvgIpc) is 3.16. The van der Waals surface area contributed by atoms with Crippen LogP contribution in [0.2, 0.25) is 0 Å². The largest absolute Gasteiger partial charge is 0.479 e. The lowest BCUT2D eigenvalue weighted by Crippen LogP contribution is -2.43. The molecule has 0 saturated carbocycles. The van der Waals surface area contributed by atoms with Crippen LogP contribution in [0.15, 0.2) is 47.1 Å². The zero-order valence-electron chi connectivity index (χ0n) is 13.6. The fraction of sp³-hybridized carbons (Fsp3) is 0.278. The van der Waals surface area contributed by atoms with E-state index in [9.17, 15) is 19.5 Å². The highest BCUT2D eigenvalue weighted by atomic mass is 16.4. The van der Waals surface area contributed by atoms with Crippen LogP contribution in [0.25, 0.3) is 0 Å². The minimum absolute atomic E-state index is 0.157. The van der Waals surface area contributed by atoms with Crippen LogP contribution in [0.4, 0.5) is 0 Å². The maximum Gasteiger partial charge on any atom is 0.331 e. The molecule has 2 atom stereocenters. The van der Waals surface area contributed by atoms with Crippen molar-refractivity contribution in [3.63, 3.8) is 0 Å². The Hall–Kier alpha value is -3.09. The van der Waals surface area contributed by atoms with Gasteiger partial charge >= 0.3 is 5.97 Å². The lowest BCUT2D eigenvalue weighted by molar-refractivity contribution is -0.149. The van der Waals surface area contributed by atoms with Crippen LogP contribution in [-0.4, -0.2) is 40.4 Å². The number of carboxylic acid groups (broad SMARTS) is 1. The summed E-state index contributed by atoms with van der Waals surface area (Å²) in [5, 5.41) is 12.2. The number of amides is 2. The van der Waals surface area contributed by atoms with Gasteiger partial charge in [-0.1, -0.05) is 30.3 Å².